The van der Waals surface area contributed by atoms with E-state index < -0.39 is 0 Å². The number of benzene rings is 1. The standard InChI is InChI=1S/C14H22N4O/c1-2-19-13-10-6-5-9-12(13)17-14(18-15)16-11-7-3-4-8-11/h5-6,9-11H,2-4,7-8,15H2,1H3,(H2,16,17,18). The molecule has 2 rings (SSSR count). The summed E-state index contributed by atoms with van der Waals surface area (Å²) in [5.74, 6) is 6.94. The van der Waals surface area contributed by atoms with E-state index in [4.69, 9.17) is 10.6 Å². The van der Waals surface area contributed by atoms with Crippen LogP contribution in [-0.4, -0.2) is 18.6 Å². The molecule has 1 saturated carbocycles. The average Bonchev–Trinajstić information content (AvgIpc) is 2.93. The van der Waals surface area contributed by atoms with Gasteiger partial charge in [0.25, 0.3) is 0 Å². The number of ether oxygens (including phenoxy) is 1. The topological polar surface area (TPSA) is 71.7 Å². The lowest BCUT2D eigenvalue weighted by Gasteiger charge is -2.14. The number of para-hydroxylation sites is 2. The number of nitrogens with one attached hydrogen (secondary N) is 2. The molecule has 5 nitrogen and oxygen atoms in total. The minimum absolute atomic E-state index is 0.373. The van der Waals surface area contributed by atoms with Gasteiger partial charge >= 0.3 is 0 Å². The van der Waals surface area contributed by atoms with Crippen molar-refractivity contribution in [1.82, 2.24) is 5.43 Å². The highest BCUT2D eigenvalue weighted by Gasteiger charge is 2.15. The summed E-state index contributed by atoms with van der Waals surface area (Å²) in [5, 5.41) is 3.20. The van der Waals surface area contributed by atoms with Gasteiger partial charge in [-0.05, 0) is 31.9 Å². The number of rotatable bonds is 4. The molecule has 1 aromatic rings. The van der Waals surface area contributed by atoms with E-state index in [-0.39, 0.29) is 0 Å². The normalized spacial score (nSPS) is 16.4. The molecule has 5 heteroatoms. The van der Waals surface area contributed by atoms with Crippen LogP contribution in [0.5, 0.6) is 5.75 Å². The lowest BCUT2D eigenvalue weighted by atomic mass is 10.3. The number of hydrogen-bond donors (Lipinski definition) is 3. The summed E-state index contributed by atoms with van der Waals surface area (Å²) in [6.45, 7) is 2.59. The van der Waals surface area contributed by atoms with E-state index in [1.54, 1.807) is 0 Å². The molecule has 0 heterocycles. The predicted molar refractivity (Wildman–Crippen MR) is 78.2 cm³/mol. The molecule has 0 radical (unpaired) electrons. The third-order valence-electron chi connectivity index (χ3n) is 3.21. The molecule has 4 N–H and O–H groups in total. The summed E-state index contributed by atoms with van der Waals surface area (Å²) in [6, 6.07) is 8.15. The Morgan fingerprint density at radius 1 is 1.37 bits per heavy atom. The molecule has 0 unspecified atom stereocenters. The maximum absolute atomic E-state index is 5.57. The van der Waals surface area contributed by atoms with Crippen molar-refractivity contribution in [2.45, 2.75) is 38.6 Å². The van der Waals surface area contributed by atoms with Crippen LogP contribution in [0.25, 0.3) is 0 Å². The number of nitrogens with two attached hydrogens (primary N) is 1. The van der Waals surface area contributed by atoms with Crippen LogP contribution in [0, 0.1) is 0 Å². The van der Waals surface area contributed by atoms with Crippen molar-refractivity contribution in [2.75, 3.05) is 11.9 Å². The molecule has 0 saturated heterocycles. The minimum atomic E-state index is 0.373. The number of nitrogens with zero attached hydrogens (tertiary/aromatic N) is 1. The molecule has 0 aromatic heterocycles. The number of guanidine groups is 1. The first-order valence-electron chi connectivity index (χ1n) is 6.86. The highest BCUT2D eigenvalue weighted by atomic mass is 16.5. The third-order valence-corrected chi connectivity index (χ3v) is 3.21. The second-order valence-corrected chi connectivity index (χ2v) is 4.61. The Morgan fingerprint density at radius 2 is 2.11 bits per heavy atom. The summed E-state index contributed by atoms with van der Waals surface area (Å²) in [5.41, 5.74) is 3.50. The molecule has 1 aromatic carbocycles. The van der Waals surface area contributed by atoms with Gasteiger partial charge in [0.2, 0.25) is 5.96 Å². The largest absolute Gasteiger partial charge is 0.492 e. The van der Waals surface area contributed by atoms with E-state index in [0.29, 0.717) is 18.6 Å². The molecule has 1 aliphatic carbocycles. The van der Waals surface area contributed by atoms with Crippen LogP contribution in [-0.2, 0) is 0 Å². The van der Waals surface area contributed by atoms with Crippen LogP contribution in [0.2, 0.25) is 0 Å². The summed E-state index contributed by atoms with van der Waals surface area (Å²) in [4.78, 5) is 4.60. The fourth-order valence-electron chi connectivity index (χ4n) is 2.30. The van der Waals surface area contributed by atoms with Gasteiger partial charge in [-0.2, -0.15) is 0 Å². The number of hydrazine groups is 1. The van der Waals surface area contributed by atoms with E-state index >= 15 is 0 Å². The zero-order valence-electron chi connectivity index (χ0n) is 11.4. The third kappa shape index (κ3) is 3.86. The highest BCUT2D eigenvalue weighted by molar-refractivity contribution is 5.94. The zero-order valence-corrected chi connectivity index (χ0v) is 11.4. The van der Waals surface area contributed by atoms with E-state index in [2.05, 4.69) is 15.7 Å². The molecule has 0 atom stereocenters. The Hall–Kier alpha value is -1.75. The monoisotopic (exact) mass is 262 g/mol. The van der Waals surface area contributed by atoms with Crippen molar-refractivity contribution >= 4 is 11.6 Å². The fourth-order valence-corrected chi connectivity index (χ4v) is 2.30. The first-order valence-corrected chi connectivity index (χ1v) is 6.86. The number of anilines is 1. The Bertz CT molecular complexity index is 427. The van der Waals surface area contributed by atoms with E-state index in [9.17, 15) is 0 Å². The first kappa shape index (κ1) is 13.7. The van der Waals surface area contributed by atoms with Gasteiger partial charge in [-0.15, -0.1) is 0 Å². The quantitative estimate of drug-likeness (QED) is 0.337. The molecule has 0 amide bonds. The Kier molecular flexibility index (Phi) is 5.03. The van der Waals surface area contributed by atoms with Gasteiger partial charge in [-0.1, -0.05) is 25.0 Å². The van der Waals surface area contributed by atoms with Crippen LogP contribution in [0.15, 0.2) is 29.3 Å². The molecule has 19 heavy (non-hydrogen) atoms. The van der Waals surface area contributed by atoms with Crippen LogP contribution in [0.1, 0.15) is 32.6 Å². The van der Waals surface area contributed by atoms with Crippen LogP contribution < -0.4 is 21.3 Å². The van der Waals surface area contributed by atoms with Crippen molar-refractivity contribution in [3.05, 3.63) is 24.3 Å². The average molecular weight is 262 g/mol. The van der Waals surface area contributed by atoms with Crippen LogP contribution in [0.3, 0.4) is 0 Å². The molecule has 104 valence electrons. The first-order chi connectivity index (χ1) is 9.33. The van der Waals surface area contributed by atoms with Crippen LogP contribution >= 0.6 is 0 Å². The number of aliphatic imine (C=N–C) groups is 1. The predicted octanol–water partition coefficient (Wildman–Crippen LogP) is 2.26. The Morgan fingerprint density at radius 3 is 2.79 bits per heavy atom. The second kappa shape index (κ2) is 6.99. The van der Waals surface area contributed by atoms with Crippen LogP contribution in [0.4, 0.5) is 5.69 Å². The highest BCUT2D eigenvalue weighted by Crippen LogP contribution is 2.24. The number of hydrogen-bond acceptors (Lipinski definition) is 3. The second-order valence-electron chi connectivity index (χ2n) is 4.61. The van der Waals surface area contributed by atoms with E-state index in [0.717, 1.165) is 24.3 Å². The van der Waals surface area contributed by atoms with Gasteiger partial charge in [-0.25, -0.2) is 10.8 Å². The summed E-state index contributed by atoms with van der Waals surface area (Å²) < 4.78 is 5.57. The van der Waals surface area contributed by atoms with Gasteiger partial charge in [0, 0.05) is 0 Å². The smallest absolute Gasteiger partial charge is 0.210 e. The molecule has 0 spiro atoms. The van der Waals surface area contributed by atoms with Crippen molar-refractivity contribution in [1.29, 1.82) is 0 Å². The maximum Gasteiger partial charge on any atom is 0.210 e. The van der Waals surface area contributed by atoms with Gasteiger partial charge in [0.1, 0.15) is 5.75 Å². The minimum Gasteiger partial charge on any atom is -0.492 e. The zero-order chi connectivity index (χ0) is 13.5. The van der Waals surface area contributed by atoms with E-state index in [1.807, 2.05) is 31.2 Å². The van der Waals surface area contributed by atoms with Gasteiger partial charge < -0.3 is 10.1 Å². The van der Waals surface area contributed by atoms with Crippen molar-refractivity contribution in [3.63, 3.8) is 0 Å². The van der Waals surface area contributed by atoms with Crippen molar-refractivity contribution < 1.29 is 4.74 Å². The lowest BCUT2D eigenvalue weighted by molar-refractivity contribution is 0.342. The molecule has 1 aliphatic rings. The van der Waals surface area contributed by atoms with Gasteiger partial charge in [-0.3, -0.25) is 5.43 Å². The Labute approximate surface area is 114 Å². The van der Waals surface area contributed by atoms with Crippen molar-refractivity contribution in [2.24, 2.45) is 10.8 Å². The van der Waals surface area contributed by atoms with Crippen molar-refractivity contribution in [3.8, 4) is 5.75 Å². The maximum atomic E-state index is 5.57. The fraction of sp³-hybridized carbons (Fsp3) is 0.500. The lowest BCUT2D eigenvalue weighted by Crippen LogP contribution is -2.37. The molecule has 0 bridgehead atoms. The molecule has 1 fully saturated rings. The molecule has 0 aliphatic heterocycles. The Balaban J connectivity index is 2.09. The van der Waals surface area contributed by atoms with Gasteiger partial charge in [0.15, 0.2) is 0 Å². The van der Waals surface area contributed by atoms with Gasteiger partial charge in [0.05, 0.1) is 18.3 Å². The molecular formula is C14H22N4O. The summed E-state index contributed by atoms with van der Waals surface area (Å²) in [6.07, 6.45) is 4.78. The van der Waals surface area contributed by atoms with E-state index in [1.165, 1.54) is 12.8 Å². The summed E-state index contributed by atoms with van der Waals surface area (Å²) in [7, 11) is 0. The molecular weight excluding hydrogens is 240 g/mol. The SMILES string of the molecule is CCOc1ccccc1NC(=NC1CCCC1)NN. The summed E-state index contributed by atoms with van der Waals surface area (Å²) >= 11 is 0.